The molecule has 0 radical (unpaired) electrons. The maximum atomic E-state index is 11.7. The Morgan fingerprint density at radius 3 is 2.63 bits per heavy atom. The molecule has 100 valence electrons. The number of rotatable bonds is 3. The molecule has 19 heavy (non-hydrogen) atoms. The summed E-state index contributed by atoms with van der Waals surface area (Å²) in [5, 5.41) is 4.31. The molecule has 0 aliphatic carbocycles. The lowest BCUT2D eigenvalue weighted by molar-refractivity contribution is 0.0592. The fourth-order valence-corrected chi connectivity index (χ4v) is 2.31. The lowest BCUT2D eigenvalue weighted by atomic mass is 10.3. The Kier molecular flexibility index (Phi) is 4.08. The molecule has 0 aliphatic heterocycles. The van der Waals surface area contributed by atoms with Crippen molar-refractivity contribution in [3.05, 3.63) is 39.2 Å². The van der Waals surface area contributed by atoms with Crippen LogP contribution in [0.4, 0.5) is 0 Å². The molecule has 0 bridgehead atoms. The molecule has 0 N–H and O–H groups in total. The van der Waals surface area contributed by atoms with E-state index in [1.54, 1.807) is 11.8 Å². The second-order valence-corrected chi connectivity index (χ2v) is 4.90. The Morgan fingerprint density at radius 2 is 2.00 bits per heavy atom. The topological polar surface area (TPSA) is 53.3 Å². The summed E-state index contributed by atoms with van der Waals surface area (Å²) in [4.78, 5) is 11.7. The van der Waals surface area contributed by atoms with Gasteiger partial charge in [-0.2, -0.15) is 5.10 Å². The largest absolute Gasteiger partial charge is 0.494 e. The van der Waals surface area contributed by atoms with Gasteiger partial charge in [-0.1, -0.05) is 12.1 Å². The summed E-state index contributed by atoms with van der Waals surface area (Å²) in [5.74, 6) is 0.252. The van der Waals surface area contributed by atoms with Gasteiger partial charge < -0.3 is 9.47 Å². The third kappa shape index (κ3) is 2.44. The van der Waals surface area contributed by atoms with Crippen LogP contribution >= 0.6 is 22.6 Å². The number of methoxy groups -OCH3 is 2. The zero-order chi connectivity index (χ0) is 14.0. The Bertz CT molecular complexity index is 622. The van der Waals surface area contributed by atoms with E-state index in [1.807, 2.05) is 31.2 Å². The summed E-state index contributed by atoms with van der Waals surface area (Å²) in [6, 6.07) is 7.51. The highest BCUT2D eigenvalue weighted by Gasteiger charge is 2.21. The second kappa shape index (κ2) is 5.60. The molecule has 5 nitrogen and oxygen atoms in total. The molecule has 0 aliphatic rings. The fraction of sp³-hybridized carbons (Fsp3) is 0.231. The van der Waals surface area contributed by atoms with Crippen molar-refractivity contribution < 1.29 is 14.3 Å². The van der Waals surface area contributed by atoms with Crippen LogP contribution in [0, 0.1) is 10.5 Å². The highest BCUT2D eigenvalue weighted by molar-refractivity contribution is 14.1. The maximum Gasteiger partial charge on any atom is 0.359 e. The van der Waals surface area contributed by atoms with Gasteiger partial charge in [0.15, 0.2) is 5.69 Å². The van der Waals surface area contributed by atoms with E-state index >= 15 is 0 Å². The van der Waals surface area contributed by atoms with Crippen LogP contribution in [-0.4, -0.2) is 30.0 Å². The minimum Gasteiger partial charge on any atom is -0.494 e. The van der Waals surface area contributed by atoms with Gasteiger partial charge in [-0.25, -0.2) is 9.48 Å². The molecule has 0 unspecified atom stereocenters. The summed E-state index contributed by atoms with van der Waals surface area (Å²) in [7, 11) is 2.94. The van der Waals surface area contributed by atoms with Crippen LogP contribution in [0.25, 0.3) is 5.69 Å². The molecule has 0 saturated carbocycles. The number of nitrogens with zero attached hydrogens (tertiary/aromatic N) is 2. The van der Waals surface area contributed by atoms with Crippen molar-refractivity contribution >= 4 is 28.6 Å². The second-order valence-electron chi connectivity index (χ2n) is 3.82. The number of carbonyl (C=O) groups is 1. The predicted octanol–water partition coefficient (Wildman–Crippen LogP) is 2.58. The van der Waals surface area contributed by atoms with Crippen LogP contribution in [0.15, 0.2) is 24.3 Å². The number of ether oxygens (including phenoxy) is 2. The standard InChI is InChI=1S/C13H13IN2O3/c1-8-11(14)12(13(17)19-3)15-16(8)9-6-4-5-7-10(9)18-2/h4-7H,1-3H3. The number of hydrogen-bond acceptors (Lipinski definition) is 4. The van der Waals surface area contributed by atoms with Crippen LogP contribution in [0.5, 0.6) is 5.75 Å². The molecule has 0 atom stereocenters. The number of para-hydroxylation sites is 2. The first kappa shape index (κ1) is 13.9. The Labute approximate surface area is 124 Å². The number of benzene rings is 1. The highest BCUT2D eigenvalue weighted by Crippen LogP contribution is 2.26. The van der Waals surface area contributed by atoms with E-state index in [4.69, 9.17) is 9.47 Å². The predicted molar refractivity (Wildman–Crippen MR) is 78.9 cm³/mol. The van der Waals surface area contributed by atoms with E-state index in [2.05, 4.69) is 27.7 Å². The minimum atomic E-state index is -0.443. The van der Waals surface area contributed by atoms with Crippen molar-refractivity contribution in [3.63, 3.8) is 0 Å². The molecular weight excluding hydrogens is 359 g/mol. The van der Waals surface area contributed by atoms with E-state index in [-0.39, 0.29) is 0 Å². The maximum absolute atomic E-state index is 11.7. The smallest absolute Gasteiger partial charge is 0.359 e. The van der Waals surface area contributed by atoms with Crippen molar-refractivity contribution in [2.45, 2.75) is 6.92 Å². The average Bonchev–Trinajstić information content (AvgIpc) is 2.74. The van der Waals surface area contributed by atoms with Gasteiger partial charge in [0.1, 0.15) is 11.4 Å². The van der Waals surface area contributed by atoms with Gasteiger partial charge in [0.2, 0.25) is 0 Å². The zero-order valence-electron chi connectivity index (χ0n) is 10.8. The number of aromatic nitrogens is 2. The van der Waals surface area contributed by atoms with Gasteiger partial charge >= 0.3 is 5.97 Å². The highest BCUT2D eigenvalue weighted by atomic mass is 127. The van der Waals surface area contributed by atoms with Gasteiger partial charge in [0.25, 0.3) is 0 Å². The summed E-state index contributed by atoms with van der Waals surface area (Å²) in [6.07, 6.45) is 0. The lowest BCUT2D eigenvalue weighted by Crippen LogP contribution is -2.06. The van der Waals surface area contributed by atoms with Gasteiger partial charge in [-0.05, 0) is 41.6 Å². The minimum absolute atomic E-state index is 0.312. The summed E-state index contributed by atoms with van der Waals surface area (Å²) >= 11 is 2.09. The van der Waals surface area contributed by atoms with Gasteiger partial charge in [-0.15, -0.1) is 0 Å². The monoisotopic (exact) mass is 372 g/mol. The third-order valence-electron chi connectivity index (χ3n) is 2.74. The fourth-order valence-electron chi connectivity index (χ4n) is 1.75. The number of carbonyl (C=O) groups excluding carboxylic acids is 1. The molecule has 0 spiro atoms. The van der Waals surface area contributed by atoms with Gasteiger partial charge in [-0.3, -0.25) is 0 Å². The molecular formula is C13H13IN2O3. The molecule has 6 heteroatoms. The Morgan fingerprint density at radius 1 is 1.32 bits per heavy atom. The number of esters is 1. The van der Waals surface area contributed by atoms with Crippen molar-refractivity contribution in [1.82, 2.24) is 9.78 Å². The molecule has 2 rings (SSSR count). The van der Waals surface area contributed by atoms with E-state index in [1.165, 1.54) is 7.11 Å². The molecule has 0 fully saturated rings. The summed E-state index contributed by atoms with van der Waals surface area (Å²) < 4.78 is 12.5. The van der Waals surface area contributed by atoms with E-state index in [0.717, 1.165) is 15.0 Å². The lowest BCUT2D eigenvalue weighted by Gasteiger charge is -2.09. The quantitative estimate of drug-likeness (QED) is 0.614. The molecule has 0 amide bonds. The average molecular weight is 372 g/mol. The molecule has 1 aromatic carbocycles. The van der Waals surface area contributed by atoms with E-state index < -0.39 is 5.97 Å². The van der Waals surface area contributed by atoms with Crippen molar-refractivity contribution in [3.8, 4) is 11.4 Å². The normalized spacial score (nSPS) is 10.3. The molecule has 1 aromatic heterocycles. The summed E-state index contributed by atoms with van der Waals surface area (Å²) in [5.41, 5.74) is 1.97. The van der Waals surface area contributed by atoms with Gasteiger partial charge in [0.05, 0.1) is 23.5 Å². The summed E-state index contributed by atoms with van der Waals surface area (Å²) in [6.45, 7) is 1.90. The van der Waals surface area contributed by atoms with Crippen LogP contribution in [0.3, 0.4) is 0 Å². The van der Waals surface area contributed by atoms with E-state index in [9.17, 15) is 4.79 Å². The Balaban J connectivity index is 2.60. The number of halogens is 1. The molecule has 1 heterocycles. The van der Waals surface area contributed by atoms with Crippen LogP contribution in [-0.2, 0) is 4.74 Å². The first-order valence-electron chi connectivity index (χ1n) is 5.57. The zero-order valence-corrected chi connectivity index (χ0v) is 13.0. The first-order valence-corrected chi connectivity index (χ1v) is 6.64. The van der Waals surface area contributed by atoms with Crippen molar-refractivity contribution in [2.75, 3.05) is 14.2 Å². The SMILES string of the molecule is COC(=O)c1nn(-c2ccccc2OC)c(C)c1I. The first-order chi connectivity index (χ1) is 9.10. The van der Waals surface area contributed by atoms with Crippen molar-refractivity contribution in [2.24, 2.45) is 0 Å². The third-order valence-corrected chi connectivity index (χ3v) is 4.03. The molecule has 2 aromatic rings. The van der Waals surface area contributed by atoms with Crippen molar-refractivity contribution in [1.29, 1.82) is 0 Å². The van der Waals surface area contributed by atoms with E-state index in [0.29, 0.717) is 11.4 Å². The van der Waals surface area contributed by atoms with Gasteiger partial charge in [0, 0.05) is 0 Å². The van der Waals surface area contributed by atoms with Crippen LogP contribution in [0.1, 0.15) is 16.2 Å². The molecule has 0 saturated heterocycles. The number of hydrogen-bond donors (Lipinski definition) is 0. The van der Waals surface area contributed by atoms with Crippen LogP contribution in [0.2, 0.25) is 0 Å². The van der Waals surface area contributed by atoms with Crippen LogP contribution < -0.4 is 4.74 Å². The Hall–Kier alpha value is -1.57.